The molecule has 2 aromatic carbocycles. The third kappa shape index (κ3) is 3.46. The van der Waals surface area contributed by atoms with Gasteiger partial charge in [0.05, 0.1) is 19.8 Å². The van der Waals surface area contributed by atoms with Crippen LogP contribution in [-0.2, 0) is 0 Å². The molecule has 1 saturated heterocycles. The number of benzene rings is 2. The maximum Gasteiger partial charge on any atom is 0.254 e. The monoisotopic (exact) mass is 383 g/mol. The third-order valence-corrected chi connectivity index (χ3v) is 5.18. The number of hydrogen-bond acceptors (Lipinski definition) is 5. The predicted octanol–water partition coefficient (Wildman–Crippen LogP) is 3.84. The van der Waals surface area contributed by atoms with Gasteiger partial charge in [-0.05, 0) is 55.7 Å². The summed E-state index contributed by atoms with van der Waals surface area (Å²) >= 11 is 0. The van der Waals surface area contributed by atoms with Crippen molar-refractivity contribution in [2.24, 2.45) is 0 Å². The van der Waals surface area contributed by atoms with Gasteiger partial charge in [-0.3, -0.25) is 4.79 Å². The van der Waals surface area contributed by atoms with Gasteiger partial charge in [0.15, 0.2) is 23.0 Å². The summed E-state index contributed by atoms with van der Waals surface area (Å²) in [7, 11) is 1.58. The number of ether oxygens (including phenoxy) is 4. The molecule has 0 bridgehead atoms. The van der Waals surface area contributed by atoms with Gasteiger partial charge in [-0.2, -0.15) is 0 Å². The fourth-order valence-corrected chi connectivity index (χ4v) is 3.86. The summed E-state index contributed by atoms with van der Waals surface area (Å²) in [5.41, 5.74) is 1.68. The molecule has 1 fully saturated rings. The normalized spacial score (nSPS) is 18.1. The molecule has 0 aliphatic carbocycles. The number of amides is 1. The molecule has 4 rings (SSSR count). The van der Waals surface area contributed by atoms with Gasteiger partial charge < -0.3 is 23.8 Å². The van der Waals surface area contributed by atoms with Crippen LogP contribution >= 0.6 is 0 Å². The van der Waals surface area contributed by atoms with Gasteiger partial charge in [0.1, 0.15) is 13.2 Å². The standard InChI is InChI=1S/C22H25NO5/c1-3-26-18-9-7-16(14-20(18)25-2)22(24)23-10-4-5-17(23)15-6-8-19-21(13-15)28-12-11-27-19/h6-9,13-14,17H,3-5,10-12H2,1-2H3/t17-/m0/s1. The van der Waals surface area contributed by atoms with E-state index >= 15 is 0 Å². The lowest BCUT2D eigenvalue weighted by Crippen LogP contribution is -2.30. The summed E-state index contributed by atoms with van der Waals surface area (Å²) in [5.74, 6) is 2.74. The van der Waals surface area contributed by atoms with Crippen molar-refractivity contribution < 1.29 is 23.7 Å². The van der Waals surface area contributed by atoms with Gasteiger partial charge in [-0.15, -0.1) is 0 Å². The molecule has 2 heterocycles. The Morgan fingerprint density at radius 3 is 2.71 bits per heavy atom. The molecular weight excluding hydrogens is 358 g/mol. The van der Waals surface area contributed by atoms with Crippen LogP contribution in [0.25, 0.3) is 0 Å². The Balaban J connectivity index is 1.59. The fourth-order valence-electron chi connectivity index (χ4n) is 3.86. The first-order valence-corrected chi connectivity index (χ1v) is 9.72. The second-order valence-corrected chi connectivity index (χ2v) is 6.86. The summed E-state index contributed by atoms with van der Waals surface area (Å²) in [6.07, 6.45) is 1.90. The first kappa shape index (κ1) is 18.5. The first-order valence-electron chi connectivity index (χ1n) is 9.72. The van der Waals surface area contributed by atoms with Crippen molar-refractivity contribution in [3.63, 3.8) is 0 Å². The van der Waals surface area contributed by atoms with E-state index in [1.54, 1.807) is 25.3 Å². The minimum Gasteiger partial charge on any atom is -0.493 e. The summed E-state index contributed by atoms with van der Waals surface area (Å²) in [4.78, 5) is 15.2. The minimum atomic E-state index is -0.00117. The van der Waals surface area contributed by atoms with Crippen molar-refractivity contribution in [1.29, 1.82) is 0 Å². The number of likely N-dealkylation sites (tertiary alicyclic amines) is 1. The van der Waals surface area contributed by atoms with Crippen LogP contribution in [0.1, 0.15) is 41.7 Å². The van der Waals surface area contributed by atoms with E-state index in [1.807, 2.05) is 30.0 Å². The summed E-state index contributed by atoms with van der Waals surface area (Å²) in [5, 5.41) is 0. The molecule has 28 heavy (non-hydrogen) atoms. The molecule has 2 aliphatic rings. The lowest BCUT2D eigenvalue weighted by molar-refractivity contribution is 0.0734. The molecule has 2 aromatic rings. The van der Waals surface area contributed by atoms with E-state index in [4.69, 9.17) is 18.9 Å². The molecule has 148 valence electrons. The highest BCUT2D eigenvalue weighted by Gasteiger charge is 2.32. The molecule has 6 heteroatoms. The van der Waals surface area contributed by atoms with Crippen molar-refractivity contribution in [2.45, 2.75) is 25.8 Å². The van der Waals surface area contributed by atoms with Crippen LogP contribution in [0.3, 0.4) is 0 Å². The van der Waals surface area contributed by atoms with E-state index in [9.17, 15) is 4.79 Å². The molecule has 0 spiro atoms. The zero-order valence-electron chi connectivity index (χ0n) is 16.3. The van der Waals surface area contributed by atoms with Gasteiger partial charge in [0.2, 0.25) is 0 Å². The molecule has 0 unspecified atom stereocenters. The van der Waals surface area contributed by atoms with E-state index in [2.05, 4.69) is 0 Å². The van der Waals surface area contributed by atoms with Crippen LogP contribution in [0.2, 0.25) is 0 Å². The Bertz CT molecular complexity index is 866. The zero-order chi connectivity index (χ0) is 19.5. The maximum absolute atomic E-state index is 13.2. The molecule has 2 aliphatic heterocycles. The molecule has 1 amide bonds. The van der Waals surface area contributed by atoms with Gasteiger partial charge in [0, 0.05) is 12.1 Å². The van der Waals surface area contributed by atoms with E-state index in [0.717, 1.165) is 36.4 Å². The highest BCUT2D eigenvalue weighted by Crippen LogP contribution is 2.39. The molecule has 0 radical (unpaired) electrons. The van der Waals surface area contributed by atoms with Crippen molar-refractivity contribution in [3.05, 3.63) is 47.5 Å². The van der Waals surface area contributed by atoms with Crippen LogP contribution in [-0.4, -0.2) is 44.3 Å². The lowest BCUT2D eigenvalue weighted by atomic mass is 10.0. The quantitative estimate of drug-likeness (QED) is 0.785. The second-order valence-electron chi connectivity index (χ2n) is 6.86. The van der Waals surface area contributed by atoms with Crippen LogP contribution < -0.4 is 18.9 Å². The van der Waals surface area contributed by atoms with Gasteiger partial charge in [-0.25, -0.2) is 0 Å². The molecule has 0 aromatic heterocycles. The van der Waals surface area contributed by atoms with Crippen LogP contribution in [0, 0.1) is 0 Å². The zero-order valence-corrected chi connectivity index (χ0v) is 16.3. The van der Waals surface area contributed by atoms with Gasteiger partial charge >= 0.3 is 0 Å². The number of carbonyl (C=O) groups is 1. The number of nitrogens with zero attached hydrogens (tertiary/aromatic N) is 1. The Labute approximate surface area is 165 Å². The Kier molecular flexibility index (Phi) is 5.28. The van der Waals surface area contributed by atoms with Crippen molar-refractivity contribution >= 4 is 5.91 Å². The molecular formula is C22H25NO5. The maximum atomic E-state index is 13.2. The highest BCUT2D eigenvalue weighted by molar-refractivity contribution is 5.95. The first-order chi connectivity index (χ1) is 13.7. The summed E-state index contributed by atoms with van der Waals surface area (Å²) < 4.78 is 22.3. The van der Waals surface area contributed by atoms with Crippen molar-refractivity contribution in [2.75, 3.05) is 33.5 Å². The van der Waals surface area contributed by atoms with E-state index in [0.29, 0.717) is 36.9 Å². The van der Waals surface area contributed by atoms with E-state index in [-0.39, 0.29) is 11.9 Å². The Hall–Kier alpha value is -2.89. The predicted molar refractivity (Wildman–Crippen MR) is 105 cm³/mol. The average Bonchev–Trinajstić information content (AvgIpc) is 3.23. The Morgan fingerprint density at radius 1 is 1.11 bits per heavy atom. The second kappa shape index (κ2) is 8.00. The molecule has 1 atom stereocenters. The van der Waals surface area contributed by atoms with Crippen molar-refractivity contribution in [1.82, 2.24) is 4.90 Å². The number of rotatable bonds is 5. The van der Waals surface area contributed by atoms with Crippen molar-refractivity contribution in [3.8, 4) is 23.0 Å². The molecule has 6 nitrogen and oxygen atoms in total. The topological polar surface area (TPSA) is 57.2 Å². The molecule has 0 N–H and O–H groups in total. The van der Waals surface area contributed by atoms with Crippen LogP contribution in [0.15, 0.2) is 36.4 Å². The van der Waals surface area contributed by atoms with Gasteiger partial charge in [-0.1, -0.05) is 6.07 Å². The largest absolute Gasteiger partial charge is 0.493 e. The van der Waals surface area contributed by atoms with Crippen LogP contribution in [0.5, 0.6) is 23.0 Å². The number of fused-ring (bicyclic) bond motifs is 1. The third-order valence-electron chi connectivity index (χ3n) is 5.18. The Morgan fingerprint density at radius 2 is 1.93 bits per heavy atom. The SMILES string of the molecule is CCOc1ccc(C(=O)N2CCC[C@H]2c2ccc3c(c2)OCCO3)cc1OC. The van der Waals surface area contributed by atoms with E-state index < -0.39 is 0 Å². The number of carbonyl (C=O) groups excluding carboxylic acids is 1. The molecule has 0 saturated carbocycles. The van der Waals surface area contributed by atoms with Gasteiger partial charge in [0.25, 0.3) is 5.91 Å². The number of hydrogen-bond donors (Lipinski definition) is 0. The highest BCUT2D eigenvalue weighted by atomic mass is 16.6. The average molecular weight is 383 g/mol. The fraction of sp³-hybridized carbons (Fsp3) is 0.409. The van der Waals surface area contributed by atoms with E-state index in [1.165, 1.54) is 0 Å². The summed E-state index contributed by atoms with van der Waals surface area (Å²) in [6, 6.07) is 11.4. The summed E-state index contributed by atoms with van der Waals surface area (Å²) in [6.45, 7) is 4.31. The number of methoxy groups -OCH3 is 1. The smallest absolute Gasteiger partial charge is 0.254 e. The lowest BCUT2D eigenvalue weighted by Gasteiger charge is -2.27. The minimum absolute atomic E-state index is 0.00117. The van der Waals surface area contributed by atoms with Crippen LogP contribution in [0.4, 0.5) is 0 Å².